The maximum atomic E-state index is 5.86. The Morgan fingerprint density at radius 2 is 2.05 bits per heavy atom. The first-order valence-electron chi connectivity index (χ1n) is 6.53. The number of nitrogens with one attached hydrogen (secondary N) is 1. The number of hydrogen-bond acceptors (Lipinski definition) is 5. The van der Waals surface area contributed by atoms with Crippen LogP contribution in [-0.2, 0) is 0 Å². The molecular weight excluding hydrogens is 341 g/mol. The van der Waals surface area contributed by atoms with E-state index in [-0.39, 0.29) is 37.0 Å². The summed E-state index contributed by atoms with van der Waals surface area (Å²) in [6.07, 6.45) is -0.162. The molecule has 0 radical (unpaired) electrons. The van der Waals surface area contributed by atoms with Crippen molar-refractivity contribution in [2.24, 2.45) is 10.7 Å². The number of halogens is 2. The largest absolute Gasteiger partial charge is 0.481 e. The Hall–Kier alpha value is -1.27. The standard InChI is InChI=1S/C15H17N3OS.2ClH/c1-9-15(16)18-12-7-10(3-4-13(12)19-9)14(17-2)11-5-6-20-8-11;;/h3-9,14,17H,1-2H3,(H2,16,18);2*1H. The fourth-order valence-electron chi connectivity index (χ4n) is 2.35. The van der Waals surface area contributed by atoms with Crippen LogP contribution < -0.4 is 15.8 Å². The van der Waals surface area contributed by atoms with Gasteiger partial charge in [0.2, 0.25) is 0 Å². The number of nitrogens with zero attached hydrogens (tertiary/aromatic N) is 1. The lowest BCUT2D eigenvalue weighted by molar-refractivity contribution is 0.281. The van der Waals surface area contributed by atoms with Gasteiger partial charge in [0.05, 0.1) is 6.04 Å². The molecule has 3 rings (SSSR count). The van der Waals surface area contributed by atoms with E-state index >= 15 is 0 Å². The molecule has 0 aliphatic carbocycles. The lowest BCUT2D eigenvalue weighted by Crippen LogP contribution is -2.33. The van der Waals surface area contributed by atoms with Crippen molar-refractivity contribution in [3.05, 3.63) is 46.2 Å². The van der Waals surface area contributed by atoms with E-state index in [4.69, 9.17) is 10.5 Å². The fourth-order valence-corrected chi connectivity index (χ4v) is 3.03. The first-order valence-corrected chi connectivity index (χ1v) is 7.47. The molecule has 1 aliphatic heterocycles. The van der Waals surface area contributed by atoms with Gasteiger partial charge in [-0.1, -0.05) is 6.07 Å². The van der Waals surface area contributed by atoms with Crippen molar-refractivity contribution in [2.75, 3.05) is 7.05 Å². The van der Waals surface area contributed by atoms with E-state index in [0.717, 1.165) is 17.0 Å². The van der Waals surface area contributed by atoms with Crippen LogP contribution in [0.1, 0.15) is 24.1 Å². The van der Waals surface area contributed by atoms with E-state index in [2.05, 4.69) is 33.2 Å². The minimum Gasteiger partial charge on any atom is -0.481 e. The number of benzene rings is 1. The smallest absolute Gasteiger partial charge is 0.153 e. The maximum Gasteiger partial charge on any atom is 0.153 e. The molecule has 7 heteroatoms. The van der Waals surface area contributed by atoms with Gasteiger partial charge in [-0.2, -0.15) is 11.3 Å². The molecule has 0 spiro atoms. The van der Waals surface area contributed by atoms with Gasteiger partial charge in [0.25, 0.3) is 0 Å². The number of aliphatic imine (C=N–C) groups is 1. The zero-order valence-corrected chi connectivity index (χ0v) is 14.7. The summed E-state index contributed by atoms with van der Waals surface area (Å²) in [5.74, 6) is 1.31. The highest BCUT2D eigenvalue weighted by Gasteiger charge is 2.20. The molecule has 2 unspecified atom stereocenters. The average Bonchev–Trinajstić information content (AvgIpc) is 2.95. The number of thiophene rings is 1. The summed E-state index contributed by atoms with van der Waals surface area (Å²) in [6, 6.07) is 8.35. The predicted octanol–water partition coefficient (Wildman–Crippen LogP) is 3.67. The summed E-state index contributed by atoms with van der Waals surface area (Å²) < 4.78 is 5.73. The Morgan fingerprint density at radius 3 is 2.68 bits per heavy atom. The van der Waals surface area contributed by atoms with Crippen LogP contribution in [0, 0.1) is 0 Å². The fraction of sp³-hybridized carbons (Fsp3) is 0.267. The predicted molar refractivity (Wildman–Crippen MR) is 97.5 cm³/mol. The van der Waals surface area contributed by atoms with E-state index in [0.29, 0.717) is 5.84 Å². The van der Waals surface area contributed by atoms with Crippen LogP contribution in [0.3, 0.4) is 0 Å². The Bertz CT molecular complexity index is 646. The van der Waals surface area contributed by atoms with Crippen molar-refractivity contribution in [3.63, 3.8) is 0 Å². The Balaban J connectivity index is 0.00000121. The lowest BCUT2D eigenvalue weighted by atomic mass is 10.0. The van der Waals surface area contributed by atoms with Crippen LogP contribution in [0.2, 0.25) is 0 Å². The SMILES string of the molecule is CNC(c1ccsc1)c1ccc2c(c1)N=C(N)C(C)O2.Cl.Cl. The first kappa shape index (κ1) is 18.8. The maximum absolute atomic E-state index is 5.86. The van der Waals surface area contributed by atoms with Gasteiger partial charge in [-0.05, 0) is 54.1 Å². The second-order valence-electron chi connectivity index (χ2n) is 4.80. The van der Waals surface area contributed by atoms with E-state index in [9.17, 15) is 0 Å². The van der Waals surface area contributed by atoms with Crippen LogP contribution in [-0.4, -0.2) is 19.0 Å². The molecule has 2 heterocycles. The van der Waals surface area contributed by atoms with Gasteiger partial charge in [0.1, 0.15) is 17.3 Å². The normalized spacial score (nSPS) is 17.2. The summed E-state index contributed by atoms with van der Waals surface area (Å²) >= 11 is 1.70. The van der Waals surface area contributed by atoms with Crippen molar-refractivity contribution in [2.45, 2.75) is 19.1 Å². The molecule has 2 aromatic rings. The molecule has 2 atom stereocenters. The lowest BCUT2D eigenvalue weighted by Gasteiger charge is -2.23. The molecule has 0 saturated heterocycles. The van der Waals surface area contributed by atoms with Crippen molar-refractivity contribution in [1.82, 2.24) is 5.32 Å². The molecule has 0 amide bonds. The highest BCUT2D eigenvalue weighted by atomic mass is 35.5. The van der Waals surface area contributed by atoms with Gasteiger partial charge in [0.15, 0.2) is 6.10 Å². The number of fused-ring (bicyclic) bond motifs is 1. The topological polar surface area (TPSA) is 59.6 Å². The third-order valence-electron chi connectivity index (χ3n) is 3.45. The number of ether oxygens (including phenoxy) is 1. The third-order valence-corrected chi connectivity index (χ3v) is 4.15. The Labute approximate surface area is 146 Å². The average molecular weight is 360 g/mol. The molecular formula is C15H19Cl2N3OS. The molecule has 0 fully saturated rings. The van der Waals surface area contributed by atoms with Crippen LogP contribution in [0.25, 0.3) is 0 Å². The number of hydrogen-bond donors (Lipinski definition) is 2. The zero-order valence-electron chi connectivity index (χ0n) is 12.3. The van der Waals surface area contributed by atoms with Crippen LogP contribution >= 0.6 is 36.2 Å². The van der Waals surface area contributed by atoms with Crippen LogP contribution in [0.5, 0.6) is 5.75 Å². The number of amidine groups is 1. The van der Waals surface area contributed by atoms with Gasteiger partial charge >= 0.3 is 0 Å². The molecule has 22 heavy (non-hydrogen) atoms. The van der Waals surface area contributed by atoms with Crippen molar-refractivity contribution in [1.29, 1.82) is 0 Å². The number of nitrogens with two attached hydrogens (primary N) is 1. The van der Waals surface area contributed by atoms with Gasteiger partial charge in [0, 0.05) is 0 Å². The van der Waals surface area contributed by atoms with Crippen LogP contribution in [0.15, 0.2) is 40.0 Å². The summed E-state index contributed by atoms with van der Waals surface area (Å²) in [7, 11) is 1.96. The van der Waals surface area contributed by atoms with Crippen molar-refractivity contribution < 1.29 is 4.74 Å². The highest BCUT2D eigenvalue weighted by Crippen LogP contribution is 2.35. The second kappa shape index (κ2) is 7.83. The quantitative estimate of drug-likeness (QED) is 0.878. The Morgan fingerprint density at radius 1 is 1.27 bits per heavy atom. The molecule has 1 aromatic heterocycles. The highest BCUT2D eigenvalue weighted by molar-refractivity contribution is 7.08. The minimum absolute atomic E-state index is 0. The van der Waals surface area contributed by atoms with Crippen molar-refractivity contribution in [3.8, 4) is 5.75 Å². The molecule has 0 saturated carbocycles. The van der Waals surface area contributed by atoms with Gasteiger partial charge in [-0.3, -0.25) is 0 Å². The second-order valence-corrected chi connectivity index (χ2v) is 5.58. The summed E-state index contributed by atoms with van der Waals surface area (Å²) in [5.41, 5.74) is 9.06. The van der Waals surface area contributed by atoms with E-state index in [1.54, 1.807) is 11.3 Å². The molecule has 3 N–H and O–H groups in total. The van der Waals surface area contributed by atoms with E-state index < -0.39 is 0 Å². The summed E-state index contributed by atoms with van der Waals surface area (Å²) in [6.45, 7) is 1.90. The van der Waals surface area contributed by atoms with E-state index in [1.807, 2.05) is 26.1 Å². The third kappa shape index (κ3) is 3.55. The van der Waals surface area contributed by atoms with Gasteiger partial charge in [-0.15, -0.1) is 24.8 Å². The molecule has 4 nitrogen and oxygen atoms in total. The van der Waals surface area contributed by atoms with E-state index in [1.165, 1.54) is 5.56 Å². The first-order chi connectivity index (χ1) is 9.69. The van der Waals surface area contributed by atoms with Gasteiger partial charge in [-0.25, -0.2) is 4.99 Å². The Kier molecular flexibility index (Phi) is 6.68. The molecule has 1 aromatic carbocycles. The minimum atomic E-state index is -0.162. The monoisotopic (exact) mass is 359 g/mol. The van der Waals surface area contributed by atoms with Gasteiger partial charge < -0.3 is 15.8 Å². The molecule has 120 valence electrons. The van der Waals surface area contributed by atoms with Crippen LogP contribution in [0.4, 0.5) is 5.69 Å². The molecule has 1 aliphatic rings. The van der Waals surface area contributed by atoms with Crippen molar-refractivity contribution >= 4 is 47.7 Å². The summed E-state index contributed by atoms with van der Waals surface area (Å²) in [5, 5.41) is 7.57. The summed E-state index contributed by atoms with van der Waals surface area (Å²) in [4.78, 5) is 4.43. The number of rotatable bonds is 3. The zero-order chi connectivity index (χ0) is 14.1. The molecule has 0 bridgehead atoms.